The molecule has 1 aliphatic rings. The van der Waals surface area contributed by atoms with Crippen LogP contribution in [0.1, 0.15) is 31.0 Å². The van der Waals surface area contributed by atoms with Crippen molar-refractivity contribution in [2.24, 2.45) is 4.99 Å². The number of sulfone groups is 1. The van der Waals surface area contributed by atoms with Gasteiger partial charge in [0, 0.05) is 18.0 Å². The van der Waals surface area contributed by atoms with E-state index in [9.17, 15) is 8.42 Å². The van der Waals surface area contributed by atoms with Crippen molar-refractivity contribution in [3.8, 4) is 0 Å². The SMILES string of the molecule is CCNC(=NCc1csc(CC)n1)NC1CCS(=O)(=O)C1.I. The lowest BCUT2D eigenvalue weighted by atomic mass is 10.3. The smallest absolute Gasteiger partial charge is 0.191 e. The van der Waals surface area contributed by atoms with Crippen LogP contribution < -0.4 is 10.6 Å². The van der Waals surface area contributed by atoms with Gasteiger partial charge in [-0.15, -0.1) is 35.3 Å². The highest BCUT2D eigenvalue weighted by Crippen LogP contribution is 2.12. The van der Waals surface area contributed by atoms with Crippen molar-refractivity contribution in [3.05, 3.63) is 16.1 Å². The fourth-order valence-corrected chi connectivity index (χ4v) is 4.58. The fourth-order valence-electron chi connectivity index (χ4n) is 2.17. The molecular formula is C13H23IN4O2S2. The number of aromatic nitrogens is 1. The van der Waals surface area contributed by atoms with E-state index in [1.54, 1.807) is 11.3 Å². The Morgan fingerprint density at radius 2 is 2.27 bits per heavy atom. The molecule has 1 fully saturated rings. The van der Waals surface area contributed by atoms with E-state index in [-0.39, 0.29) is 41.5 Å². The number of hydrogen-bond donors (Lipinski definition) is 2. The molecule has 2 N–H and O–H groups in total. The van der Waals surface area contributed by atoms with Gasteiger partial charge in [0.05, 0.1) is 28.8 Å². The maximum atomic E-state index is 11.5. The van der Waals surface area contributed by atoms with Gasteiger partial charge in [0.15, 0.2) is 15.8 Å². The monoisotopic (exact) mass is 458 g/mol. The van der Waals surface area contributed by atoms with Crippen molar-refractivity contribution >= 4 is 51.1 Å². The Labute approximate surface area is 153 Å². The third kappa shape index (κ3) is 5.99. The Morgan fingerprint density at radius 3 is 2.82 bits per heavy atom. The minimum Gasteiger partial charge on any atom is -0.357 e. The van der Waals surface area contributed by atoms with Crippen LogP contribution >= 0.6 is 35.3 Å². The molecule has 6 nitrogen and oxygen atoms in total. The topological polar surface area (TPSA) is 83.4 Å². The highest BCUT2D eigenvalue weighted by atomic mass is 127. The zero-order chi connectivity index (χ0) is 15.3. The molecule has 2 rings (SSSR count). The van der Waals surface area contributed by atoms with E-state index in [1.807, 2.05) is 12.3 Å². The molecule has 1 aromatic heterocycles. The van der Waals surface area contributed by atoms with Crippen LogP contribution in [0.4, 0.5) is 0 Å². The molecule has 126 valence electrons. The van der Waals surface area contributed by atoms with Crippen LogP contribution in [-0.2, 0) is 22.8 Å². The third-order valence-electron chi connectivity index (χ3n) is 3.22. The minimum atomic E-state index is -2.88. The maximum Gasteiger partial charge on any atom is 0.191 e. The van der Waals surface area contributed by atoms with Crippen molar-refractivity contribution in [3.63, 3.8) is 0 Å². The first kappa shape index (κ1) is 19.6. The van der Waals surface area contributed by atoms with Gasteiger partial charge in [0.1, 0.15) is 0 Å². The summed E-state index contributed by atoms with van der Waals surface area (Å²) < 4.78 is 23.0. The van der Waals surface area contributed by atoms with Gasteiger partial charge in [-0.2, -0.15) is 0 Å². The van der Waals surface area contributed by atoms with E-state index in [0.29, 0.717) is 18.9 Å². The Balaban J connectivity index is 0.00000242. The standard InChI is InChI=1S/C13H22N4O2S2.HI/c1-3-12-16-11(8-20-12)7-15-13(14-4-2)17-10-5-6-21(18,19)9-10;/h8,10H,3-7,9H2,1-2H3,(H2,14,15,17);1H. The van der Waals surface area contributed by atoms with Gasteiger partial charge in [-0.25, -0.2) is 18.4 Å². The largest absolute Gasteiger partial charge is 0.357 e. The van der Waals surface area contributed by atoms with E-state index < -0.39 is 9.84 Å². The van der Waals surface area contributed by atoms with Crippen LogP contribution in [0, 0.1) is 0 Å². The van der Waals surface area contributed by atoms with Gasteiger partial charge in [-0.3, -0.25) is 0 Å². The van der Waals surface area contributed by atoms with Gasteiger partial charge in [0.2, 0.25) is 0 Å². The summed E-state index contributed by atoms with van der Waals surface area (Å²) in [6.45, 7) is 5.31. The molecule has 0 bridgehead atoms. The summed E-state index contributed by atoms with van der Waals surface area (Å²) in [5.74, 6) is 1.11. The summed E-state index contributed by atoms with van der Waals surface area (Å²) in [6, 6.07) is -0.0468. The average molecular weight is 458 g/mol. The predicted molar refractivity (Wildman–Crippen MR) is 102 cm³/mol. The molecule has 22 heavy (non-hydrogen) atoms. The number of rotatable bonds is 5. The molecule has 0 spiro atoms. The first-order valence-corrected chi connectivity index (χ1v) is 9.91. The second-order valence-electron chi connectivity index (χ2n) is 5.03. The second-order valence-corrected chi connectivity index (χ2v) is 8.20. The molecule has 1 unspecified atom stereocenters. The van der Waals surface area contributed by atoms with Gasteiger partial charge in [0.25, 0.3) is 0 Å². The summed E-state index contributed by atoms with van der Waals surface area (Å²) in [4.78, 5) is 8.96. The van der Waals surface area contributed by atoms with Crippen molar-refractivity contribution in [1.82, 2.24) is 15.6 Å². The molecule has 0 aliphatic carbocycles. The molecule has 0 amide bonds. The maximum absolute atomic E-state index is 11.5. The third-order valence-corrected chi connectivity index (χ3v) is 6.03. The summed E-state index contributed by atoms with van der Waals surface area (Å²) >= 11 is 1.65. The molecule has 1 aromatic rings. The Morgan fingerprint density at radius 1 is 1.50 bits per heavy atom. The molecule has 0 saturated carbocycles. The van der Waals surface area contributed by atoms with Crippen LogP contribution in [0.15, 0.2) is 10.4 Å². The number of thiazole rings is 1. The van der Waals surface area contributed by atoms with Crippen molar-refractivity contribution in [2.75, 3.05) is 18.1 Å². The van der Waals surface area contributed by atoms with Crippen LogP contribution in [0.25, 0.3) is 0 Å². The van der Waals surface area contributed by atoms with Crippen molar-refractivity contribution in [2.45, 2.75) is 39.3 Å². The number of aliphatic imine (C=N–C) groups is 1. The van der Waals surface area contributed by atoms with Crippen molar-refractivity contribution < 1.29 is 8.42 Å². The molecule has 0 aromatic carbocycles. The van der Waals surface area contributed by atoms with Gasteiger partial charge < -0.3 is 10.6 Å². The summed E-state index contributed by atoms with van der Waals surface area (Å²) in [7, 11) is -2.88. The predicted octanol–water partition coefficient (Wildman–Crippen LogP) is 1.57. The lowest BCUT2D eigenvalue weighted by Crippen LogP contribution is -2.44. The Kier molecular flexibility index (Phi) is 8.04. The highest BCUT2D eigenvalue weighted by Gasteiger charge is 2.28. The van der Waals surface area contributed by atoms with Crippen LogP contribution in [-0.4, -0.2) is 43.5 Å². The Bertz CT molecular complexity index is 601. The number of nitrogens with one attached hydrogen (secondary N) is 2. The van der Waals surface area contributed by atoms with Gasteiger partial charge in [-0.05, 0) is 19.8 Å². The molecule has 1 aliphatic heterocycles. The highest BCUT2D eigenvalue weighted by molar-refractivity contribution is 14.0. The molecule has 9 heteroatoms. The molecular weight excluding hydrogens is 435 g/mol. The van der Waals surface area contributed by atoms with Gasteiger partial charge in [-0.1, -0.05) is 6.92 Å². The molecule has 2 heterocycles. The van der Waals surface area contributed by atoms with E-state index in [2.05, 4.69) is 27.5 Å². The van der Waals surface area contributed by atoms with Gasteiger partial charge >= 0.3 is 0 Å². The number of guanidine groups is 1. The summed E-state index contributed by atoms with van der Waals surface area (Å²) in [5.41, 5.74) is 0.952. The van der Waals surface area contributed by atoms with E-state index in [4.69, 9.17) is 0 Å². The minimum absolute atomic E-state index is 0. The number of halogens is 1. The average Bonchev–Trinajstić information content (AvgIpc) is 3.02. The number of nitrogens with zero attached hydrogens (tertiary/aromatic N) is 2. The van der Waals surface area contributed by atoms with Crippen LogP contribution in [0.3, 0.4) is 0 Å². The summed E-state index contributed by atoms with van der Waals surface area (Å²) in [5, 5.41) is 9.48. The second kappa shape index (κ2) is 9.02. The van der Waals surface area contributed by atoms with E-state index in [0.717, 1.165) is 23.7 Å². The normalized spacial score (nSPS) is 20.5. The fraction of sp³-hybridized carbons (Fsp3) is 0.692. The molecule has 0 radical (unpaired) electrons. The Hall–Kier alpha value is -0.420. The zero-order valence-corrected chi connectivity index (χ0v) is 16.8. The number of aryl methyl sites for hydroxylation is 1. The zero-order valence-electron chi connectivity index (χ0n) is 12.8. The summed E-state index contributed by atoms with van der Waals surface area (Å²) in [6.07, 6.45) is 1.58. The molecule has 1 saturated heterocycles. The van der Waals surface area contributed by atoms with Crippen LogP contribution in [0.5, 0.6) is 0 Å². The van der Waals surface area contributed by atoms with E-state index in [1.165, 1.54) is 0 Å². The van der Waals surface area contributed by atoms with Crippen molar-refractivity contribution in [1.29, 1.82) is 0 Å². The lowest BCUT2D eigenvalue weighted by molar-refractivity contribution is 0.599. The molecule has 1 atom stereocenters. The first-order chi connectivity index (χ1) is 10.0. The van der Waals surface area contributed by atoms with E-state index >= 15 is 0 Å². The first-order valence-electron chi connectivity index (χ1n) is 7.21. The quantitative estimate of drug-likeness (QED) is 0.398. The van der Waals surface area contributed by atoms with Crippen LogP contribution in [0.2, 0.25) is 0 Å². The number of hydrogen-bond acceptors (Lipinski definition) is 5. The lowest BCUT2D eigenvalue weighted by Gasteiger charge is -2.15.